The molecule has 3 saturated heterocycles. The first-order chi connectivity index (χ1) is 10.3. The predicted octanol–water partition coefficient (Wildman–Crippen LogP) is 1.18. The molecule has 3 fully saturated rings. The zero-order valence-corrected chi connectivity index (χ0v) is 14.1. The van der Waals surface area contributed by atoms with Crippen LogP contribution in [0.3, 0.4) is 0 Å². The number of nitrogens with zero attached hydrogens (tertiary/aromatic N) is 4. The summed E-state index contributed by atoms with van der Waals surface area (Å²) in [5.41, 5.74) is 0. The van der Waals surface area contributed by atoms with Gasteiger partial charge in [-0.3, -0.25) is 9.80 Å². The van der Waals surface area contributed by atoms with Crippen molar-refractivity contribution < 1.29 is 0 Å². The molecule has 3 rings (SSSR count). The van der Waals surface area contributed by atoms with Crippen LogP contribution < -0.4 is 0 Å². The Kier molecular flexibility index (Phi) is 5.54. The standard InChI is InChI=1S/C17H34N4/c1-3-19-10-6-17(7-11-19)21-14-12-20(13-15-21)16-4-8-18(2)9-5-16/h16-17H,3-15H2,1-2H3. The van der Waals surface area contributed by atoms with Gasteiger partial charge in [-0.2, -0.15) is 0 Å². The van der Waals surface area contributed by atoms with Crippen LogP contribution in [0, 0.1) is 0 Å². The second kappa shape index (κ2) is 7.40. The molecule has 21 heavy (non-hydrogen) atoms. The highest BCUT2D eigenvalue weighted by molar-refractivity contribution is 4.86. The first kappa shape index (κ1) is 15.7. The molecule has 0 atom stereocenters. The Morgan fingerprint density at radius 3 is 1.52 bits per heavy atom. The van der Waals surface area contributed by atoms with Crippen LogP contribution in [0.25, 0.3) is 0 Å². The first-order valence-corrected chi connectivity index (χ1v) is 9.15. The molecule has 0 amide bonds. The van der Waals surface area contributed by atoms with E-state index >= 15 is 0 Å². The third kappa shape index (κ3) is 3.98. The predicted molar refractivity (Wildman–Crippen MR) is 88.8 cm³/mol. The molecule has 3 aliphatic rings. The van der Waals surface area contributed by atoms with E-state index in [1.54, 1.807) is 0 Å². The summed E-state index contributed by atoms with van der Waals surface area (Å²) in [5, 5.41) is 0. The fraction of sp³-hybridized carbons (Fsp3) is 1.00. The topological polar surface area (TPSA) is 13.0 Å². The monoisotopic (exact) mass is 294 g/mol. The van der Waals surface area contributed by atoms with Gasteiger partial charge in [0.05, 0.1) is 0 Å². The van der Waals surface area contributed by atoms with E-state index in [0.29, 0.717) is 0 Å². The second-order valence-corrected chi connectivity index (χ2v) is 7.27. The Morgan fingerprint density at radius 1 is 0.667 bits per heavy atom. The molecule has 4 heteroatoms. The summed E-state index contributed by atoms with van der Waals surface area (Å²) in [7, 11) is 2.26. The Morgan fingerprint density at radius 2 is 1.10 bits per heavy atom. The number of piperidine rings is 2. The van der Waals surface area contributed by atoms with Gasteiger partial charge in [0.2, 0.25) is 0 Å². The fourth-order valence-corrected chi connectivity index (χ4v) is 4.43. The third-order valence-electron chi connectivity index (χ3n) is 6.07. The number of hydrogen-bond donors (Lipinski definition) is 0. The summed E-state index contributed by atoms with van der Waals surface area (Å²) in [6.45, 7) is 14.0. The summed E-state index contributed by atoms with van der Waals surface area (Å²) in [5.74, 6) is 0. The van der Waals surface area contributed by atoms with E-state index in [-0.39, 0.29) is 0 Å². The maximum Gasteiger partial charge on any atom is 0.0121 e. The molecule has 3 heterocycles. The quantitative estimate of drug-likeness (QED) is 0.775. The van der Waals surface area contributed by atoms with E-state index in [1.165, 1.54) is 84.6 Å². The Bertz CT molecular complexity index is 298. The molecule has 0 aliphatic carbocycles. The molecule has 0 radical (unpaired) electrons. The van der Waals surface area contributed by atoms with Gasteiger partial charge in [0.1, 0.15) is 0 Å². The second-order valence-electron chi connectivity index (χ2n) is 7.27. The van der Waals surface area contributed by atoms with Crippen molar-refractivity contribution >= 4 is 0 Å². The van der Waals surface area contributed by atoms with Crippen LogP contribution in [0.15, 0.2) is 0 Å². The minimum atomic E-state index is 0.866. The van der Waals surface area contributed by atoms with Gasteiger partial charge in [-0.05, 0) is 65.5 Å². The highest BCUT2D eigenvalue weighted by Crippen LogP contribution is 2.21. The maximum absolute atomic E-state index is 2.79. The third-order valence-corrected chi connectivity index (χ3v) is 6.07. The fourth-order valence-electron chi connectivity index (χ4n) is 4.43. The molecular weight excluding hydrogens is 260 g/mol. The van der Waals surface area contributed by atoms with Crippen LogP contribution in [-0.2, 0) is 0 Å². The van der Waals surface area contributed by atoms with Crippen molar-refractivity contribution in [3.63, 3.8) is 0 Å². The average Bonchev–Trinajstić information content (AvgIpc) is 2.56. The Hall–Kier alpha value is -0.160. The summed E-state index contributed by atoms with van der Waals surface area (Å²) in [6.07, 6.45) is 5.54. The lowest BCUT2D eigenvalue weighted by atomic mass is 10.00. The largest absolute Gasteiger partial charge is 0.306 e. The van der Waals surface area contributed by atoms with Crippen molar-refractivity contribution in [3.8, 4) is 0 Å². The molecule has 122 valence electrons. The van der Waals surface area contributed by atoms with Crippen molar-refractivity contribution in [2.75, 3.05) is 66.0 Å². The van der Waals surface area contributed by atoms with E-state index < -0.39 is 0 Å². The van der Waals surface area contributed by atoms with Gasteiger partial charge < -0.3 is 9.80 Å². The van der Waals surface area contributed by atoms with E-state index in [0.717, 1.165) is 12.1 Å². The summed E-state index contributed by atoms with van der Waals surface area (Å²) in [4.78, 5) is 10.7. The van der Waals surface area contributed by atoms with Crippen LogP contribution in [0.5, 0.6) is 0 Å². The number of hydrogen-bond acceptors (Lipinski definition) is 4. The summed E-state index contributed by atoms with van der Waals surface area (Å²) < 4.78 is 0. The minimum Gasteiger partial charge on any atom is -0.306 e. The van der Waals surface area contributed by atoms with Crippen LogP contribution >= 0.6 is 0 Å². The van der Waals surface area contributed by atoms with E-state index in [4.69, 9.17) is 0 Å². The highest BCUT2D eigenvalue weighted by Gasteiger charge is 2.30. The SMILES string of the molecule is CCN1CCC(N2CCN(C3CCN(C)CC3)CC2)CC1. The normalized spacial score (nSPS) is 30.0. The molecule has 0 bridgehead atoms. The summed E-state index contributed by atoms with van der Waals surface area (Å²) >= 11 is 0. The number of likely N-dealkylation sites (tertiary alicyclic amines) is 2. The van der Waals surface area contributed by atoms with Crippen molar-refractivity contribution in [2.24, 2.45) is 0 Å². The zero-order chi connectivity index (χ0) is 14.7. The van der Waals surface area contributed by atoms with Crippen LogP contribution in [0.1, 0.15) is 32.6 Å². The molecular formula is C17H34N4. The van der Waals surface area contributed by atoms with E-state index in [1.807, 2.05) is 0 Å². The van der Waals surface area contributed by atoms with Crippen molar-refractivity contribution in [1.29, 1.82) is 0 Å². The molecule has 0 aromatic carbocycles. The molecule has 3 aliphatic heterocycles. The summed E-state index contributed by atoms with van der Waals surface area (Å²) in [6, 6.07) is 1.73. The number of rotatable bonds is 3. The lowest BCUT2D eigenvalue weighted by Gasteiger charge is -2.46. The van der Waals surface area contributed by atoms with Crippen molar-refractivity contribution in [3.05, 3.63) is 0 Å². The highest BCUT2D eigenvalue weighted by atomic mass is 15.3. The average molecular weight is 294 g/mol. The van der Waals surface area contributed by atoms with Gasteiger partial charge in [0.15, 0.2) is 0 Å². The lowest BCUT2D eigenvalue weighted by molar-refractivity contribution is 0.0290. The maximum atomic E-state index is 2.79. The van der Waals surface area contributed by atoms with Gasteiger partial charge in [0.25, 0.3) is 0 Å². The smallest absolute Gasteiger partial charge is 0.0121 e. The van der Waals surface area contributed by atoms with E-state index in [9.17, 15) is 0 Å². The molecule has 4 nitrogen and oxygen atoms in total. The Balaban J connectivity index is 1.41. The van der Waals surface area contributed by atoms with Crippen LogP contribution in [0.2, 0.25) is 0 Å². The van der Waals surface area contributed by atoms with Gasteiger partial charge in [-0.1, -0.05) is 6.92 Å². The molecule has 0 unspecified atom stereocenters. The minimum absolute atomic E-state index is 0.866. The number of piperazine rings is 1. The Labute approximate surface area is 131 Å². The molecule has 0 aromatic rings. The van der Waals surface area contributed by atoms with Crippen molar-refractivity contribution in [1.82, 2.24) is 19.6 Å². The van der Waals surface area contributed by atoms with Gasteiger partial charge in [-0.25, -0.2) is 0 Å². The van der Waals surface area contributed by atoms with Gasteiger partial charge in [-0.15, -0.1) is 0 Å². The van der Waals surface area contributed by atoms with E-state index in [2.05, 4.69) is 33.6 Å². The van der Waals surface area contributed by atoms with Crippen molar-refractivity contribution in [2.45, 2.75) is 44.7 Å². The molecule has 0 aromatic heterocycles. The van der Waals surface area contributed by atoms with Gasteiger partial charge >= 0.3 is 0 Å². The molecule has 0 spiro atoms. The van der Waals surface area contributed by atoms with Crippen LogP contribution in [0.4, 0.5) is 0 Å². The van der Waals surface area contributed by atoms with Gasteiger partial charge in [0, 0.05) is 38.3 Å². The molecule has 0 saturated carbocycles. The molecule has 0 N–H and O–H groups in total. The lowest BCUT2D eigenvalue weighted by Crippen LogP contribution is -2.56. The zero-order valence-electron chi connectivity index (χ0n) is 14.1. The first-order valence-electron chi connectivity index (χ1n) is 9.15. The van der Waals surface area contributed by atoms with Crippen LogP contribution in [-0.4, -0.2) is 97.6 Å².